The predicted octanol–water partition coefficient (Wildman–Crippen LogP) is 1.13. The van der Waals surface area contributed by atoms with E-state index in [1.807, 2.05) is 31.2 Å². The maximum absolute atomic E-state index is 5.30. The van der Waals surface area contributed by atoms with Gasteiger partial charge in [-0.2, -0.15) is 0 Å². The monoisotopic (exact) mass is 146 g/mol. The summed E-state index contributed by atoms with van der Waals surface area (Å²) in [5.41, 5.74) is 0. The molecule has 0 aliphatic rings. The maximum atomic E-state index is 5.30. The van der Waals surface area contributed by atoms with Gasteiger partial charge in [0, 0.05) is 20.6 Å². The summed E-state index contributed by atoms with van der Waals surface area (Å²) >= 11 is 0. The summed E-state index contributed by atoms with van der Waals surface area (Å²) in [5, 5.41) is 3.81. The predicted molar refractivity (Wildman–Crippen MR) is 42.3 cm³/mol. The SMILES string of the molecule is CCCN(OCC)N(C)C. The van der Waals surface area contributed by atoms with E-state index in [0.717, 1.165) is 19.6 Å². The number of nitrogens with zero attached hydrogens (tertiary/aromatic N) is 2. The summed E-state index contributed by atoms with van der Waals surface area (Å²) < 4.78 is 0. The molecule has 0 bridgehead atoms. The van der Waals surface area contributed by atoms with Crippen molar-refractivity contribution in [1.82, 2.24) is 10.2 Å². The van der Waals surface area contributed by atoms with Crippen molar-refractivity contribution >= 4 is 0 Å². The van der Waals surface area contributed by atoms with Gasteiger partial charge in [0.05, 0.1) is 6.61 Å². The van der Waals surface area contributed by atoms with E-state index in [9.17, 15) is 0 Å². The van der Waals surface area contributed by atoms with Crippen LogP contribution in [0.15, 0.2) is 0 Å². The van der Waals surface area contributed by atoms with Gasteiger partial charge in [0.15, 0.2) is 0 Å². The molecule has 3 heteroatoms. The van der Waals surface area contributed by atoms with Crippen molar-refractivity contribution in [3.05, 3.63) is 0 Å². The molecule has 0 radical (unpaired) electrons. The highest BCUT2D eigenvalue weighted by Crippen LogP contribution is 1.94. The molecule has 0 saturated carbocycles. The van der Waals surface area contributed by atoms with Crippen molar-refractivity contribution in [2.45, 2.75) is 20.3 Å². The molecular weight excluding hydrogens is 128 g/mol. The summed E-state index contributed by atoms with van der Waals surface area (Å²) in [5.74, 6) is 0. The molecule has 0 spiro atoms. The van der Waals surface area contributed by atoms with Crippen molar-refractivity contribution < 1.29 is 4.84 Å². The lowest BCUT2D eigenvalue weighted by Gasteiger charge is -2.26. The molecule has 0 unspecified atom stereocenters. The summed E-state index contributed by atoms with van der Waals surface area (Å²) in [6.07, 6.45) is 1.11. The van der Waals surface area contributed by atoms with E-state index in [0.29, 0.717) is 0 Å². The Morgan fingerprint density at radius 2 is 1.80 bits per heavy atom. The van der Waals surface area contributed by atoms with E-state index >= 15 is 0 Å². The molecule has 0 aliphatic heterocycles. The van der Waals surface area contributed by atoms with Crippen LogP contribution in [0.2, 0.25) is 0 Å². The Morgan fingerprint density at radius 3 is 2.10 bits per heavy atom. The van der Waals surface area contributed by atoms with Crippen LogP contribution in [0.1, 0.15) is 20.3 Å². The third kappa shape index (κ3) is 3.82. The van der Waals surface area contributed by atoms with Gasteiger partial charge in [-0.1, -0.05) is 6.92 Å². The van der Waals surface area contributed by atoms with E-state index in [1.54, 1.807) is 0 Å². The van der Waals surface area contributed by atoms with Crippen LogP contribution in [0.4, 0.5) is 0 Å². The molecule has 0 N–H and O–H groups in total. The van der Waals surface area contributed by atoms with Crippen molar-refractivity contribution in [2.75, 3.05) is 27.2 Å². The van der Waals surface area contributed by atoms with Crippen LogP contribution in [-0.4, -0.2) is 37.4 Å². The maximum Gasteiger partial charge on any atom is 0.0673 e. The molecule has 0 aromatic carbocycles. The molecule has 3 nitrogen and oxygen atoms in total. The number of hydroxylamine groups is 1. The molecule has 0 aliphatic carbocycles. The molecule has 0 rings (SSSR count). The van der Waals surface area contributed by atoms with Gasteiger partial charge in [-0.25, -0.2) is 5.01 Å². The molecule has 62 valence electrons. The first-order chi connectivity index (χ1) is 4.72. The van der Waals surface area contributed by atoms with Crippen molar-refractivity contribution in [1.29, 1.82) is 0 Å². The Hall–Kier alpha value is -0.120. The zero-order valence-corrected chi connectivity index (χ0v) is 7.42. The first-order valence-electron chi connectivity index (χ1n) is 3.80. The summed E-state index contributed by atoms with van der Waals surface area (Å²) in [6, 6.07) is 0. The first kappa shape index (κ1) is 9.88. The smallest absolute Gasteiger partial charge is 0.0673 e. The van der Waals surface area contributed by atoms with Crippen LogP contribution in [0, 0.1) is 0 Å². The minimum atomic E-state index is 0.734. The quantitative estimate of drug-likeness (QED) is 0.541. The summed E-state index contributed by atoms with van der Waals surface area (Å²) in [6.45, 7) is 5.82. The normalized spacial score (nSPS) is 11.4. The number of rotatable bonds is 5. The Bertz CT molecular complexity index is 70.0. The number of hydrogen-bond acceptors (Lipinski definition) is 3. The van der Waals surface area contributed by atoms with Gasteiger partial charge in [-0.05, 0) is 13.3 Å². The molecule has 0 aromatic rings. The Labute approximate surface area is 63.5 Å². The molecule has 0 heterocycles. The van der Waals surface area contributed by atoms with Crippen LogP contribution in [0.25, 0.3) is 0 Å². The molecule has 0 saturated heterocycles. The third-order valence-corrected chi connectivity index (χ3v) is 1.14. The number of hydrogen-bond donors (Lipinski definition) is 0. The highest BCUT2D eigenvalue weighted by atomic mass is 16.7. The van der Waals surface area contributed by atoms with Crippen LogP contribution < -0.4 is 0 Å². The van der Waals surface area contributed by atoms with Crippen LogP contribution in [0.5, 0.6) is 0 Å². The second-order valence-corrected chi connectivity index (χ2v) is 2.34. The van der Waals surface area contributed by atoms with Crippen LogP contribution >= 0.6 is 0 Å². The Kier molecular flexibility index (Phi) is 5.58. The molecular formula is C7H18N2O. The van der Waals surface area contributed by atoms with Gasteiger partial charge in [0.2, 0.25) is 0 Å². The molecule has 10 heavy (non-hydrogen) atoms. The second kappa shape index (κ2) is 5.65. The minimum absolute atomic E-state index is 0.734. The van der Waals surface area contributed by atoms with Crippen LogP contribution in [-0.2, 0) is 4.84 Å². The fraction of sp³-hybridized carbons (Fsp3) is 1.00. The third-order valence-electron chi connectivity index (χ3n) is 1.14. The fourth-order valence-corrected chi connectivity index (χ4v) is 0.720. The lowest BCUT2D eigenvalue weighted by molar-refractivity contribution is -0.264. The Morgan fingerprint density at radius 1 is 1.20 bits per heavy atom. The van der Waals surface area contributed by atoms with Crippen molar-refractivity contribution in [3.8, 4) is 0 Å². The van der Waals surface area contributed by atoms with E-state index < -0.39 is 0 Å². The molecule has 0 amide bonds. The Balaban J connectivity index is 3.50. The molecule has 0 atom stereocenters. The average molecular weight is 146 g/mol. The minimum Gasteiger partial charge on any atom is -0.284 e. The van der Waals surface area contributed by atoms with Gasteiger partial charge in [0.25, 0.3) is 0 Å². The van der Waals surface area contributed by atoms with Gasteiger partial charge in [0.1, 0.15) is 0 Å². The van der Waals surface area contributed by atoms with Gasteiger partial charge < -0.3 is 0 Å². The van der Waals surface area contributed by atoms with Gasteiger partial charge in [-0.3, -0.25) is 4.84 Å². The lowest BCUT2D eigenvalue weighted by atomic mass is 10.5. The average Bonchev–Trinajstić information content (AvgIpc) is 1.87. The fourth-order valence-electron chi connectivity index (χ4n) is 0.720. The highest BCUT2D eigenvalue weighted by Gasteiger charge is 2.03. The van der Waals surface area contributed by atoms with E-state index in [4.69, 9.17) is 4.84 Å². The summed E-state index contributed by atoms with van der Waals surface area (Å²) in [7, 11) is 3.96. The molecule has 0 aromatic heterocycles. The standard InChI is InChI=1S/C7H18N2O/c1-5-7-9(8(3)4)10-6-2/h5-7H2,1-4H3. The van der Waals surface area contributed by atoms with E-state index in [2.05, 4.69) is 6.92 Å². The van der Waals surface area contributed by atoms with E-state index in [1.165, 1.54) is 0 Å². The number of hydrazine groups is 1. The topological polar surface area (TPSA) is 15.7 Å². The van der Waals surface area contributed by atoms with Gasteiger partial charge in [-0.15, -0.1) is 5.17 Å². The zero-order valence-electron chi connectivity index (χ0n) is 7.42. The zero-order chi connectivity index (χ0) is 7.98. The summed E-state index contributed by atoms with van der Waals surface area (Å²) in [4.78, 5) is 5.30. The van der Waals surface area contributed by atoms with Crippen LogP contribution in [0.3, 0.4) is 0 Å². The van der Waals surface area contributed by atoms with Crippen molar-refractivity contribution in [2.24, 2.45) is 0 Å². The molecule has 0 fully saturated rings. The lowest BCUT2D eigenvalue weighted by Crippen LogP contribution is -2.37. The van der Waals surface area contributed by atoms with E-state index in [-0.39, 0.29) is 0 Å². The first-order valence-corrected chi connectivity index (χ1v) is 3.80. The van der Waals surface area contributed by atoms with Gasteiger partial charge >= 0.3 is 0 Å². The highest BCUT2D eigenvalue weighted by molar-refractivity contribution is 4.34. The second-order valence-electron chi connectivity index (χ2n) is 2.34. The largest absolute Gasteiger partial charge is 0.284 e. The van der Waals surface area contributed by atoms with Crippen molar-refractivity contribution in [3.63, 3.8) is 0 Å².